The number of hydrogen-bond donors (Lipinski definition) is 2. The Morgan fingerprint density at radius 1 is 1.29 bits per heavy atom. The Kier molecular flexibility index (Phi) is 3.15. The molecule has 0 fully saturated rings. The van der Waals surface area contributed by atoms with Gasteiger partial charge in [0.05, 0.1) is 5.56 Å². The summed E-state index contributed by atoms with van der Waals surface area (Å²) in [4.78, 5) is 12.1. The zero-order valence-corrected chi connectivity index (χ0v) is 10.1. The number of carbonyl (C=O) groups is 1. The summed E-state index contributed by atoms with van der Waals surface area (Å²) in [6.07, 6.45) is 0.607. The van der Waals surface area contributed by atoms with E-state index in [1.807, 2.05) is 12.3 Å². The van der Waals surface area contributed by atoms with E-state index < -0.39 is 0 Å². The zero-order valence-electron chi connectivity index (χ0n) is 9.30. The van der Waals surface area contributed by atoms with Crippen molar-refractivity contribution in [1.82, 2.24) is 0 Å². The molecular formula is C13H12O3S. The van der Waals surface area contributed by atoms with Gasteiger partial charge in [0.15, 0.2) is 5.78 Å². The van der Waals surface area contributed by atoms with E-state index in [0.717, 1.165) is 0 Å². The molecule has 0 saturated heterocycles. The molecular weight excluding hydrogens is 236 g/mol. The van der Waals surface area contributed by atoms with Gasteiger partial charge in [-0.25, -0.2) is 0 Å². The minimum absolute atomic E-state index is 0.0202. The first kappa shape index (κ1) is 11.7. The number of phenolic OH excluding ortho intramolecular Hbond substituents is 2. The van der Waals surface area contributed by atoms with Crippen molar-refractivity contribution in [2.75, 3.05) is 0 Å². The van der Waals surface area contributed by atoms with Crippen LogP contribution in [0.25, 0.3) is 0 Å². The maximum absolute atomic E-state index is 12.1. The van der Waals surface area contributed by atoms with E-state index >= 15 is 0 Å². The number of phenols is 2. The van der Waals surface area contributed by atoms with Crippen LogP contribution in [0.4, 0.5) is 0 Å². The van der Waals surface area contributed by atoms with Crippen LogP contribution < -0.4 is 0 Å². The molecule has 0 spiro atoms. The lowest BCUT2D eigenvalue weighted by atomic mass is 10.0. The Morgan fingerprint density at radius 3 is 2.65 bits per heavy atom. The fourth-order valence-corrected chi connectivity index (χ4v) is 2.27. The van der Waals surface area contributed by atoms with Crippen LogP contribution in [-0.2, 0) is 6.42 Å². The molecule has 0 aliphatic carbocycles. The van der Waals surface area contributed by atoms with Crippen LogP contribution in [0.3, 0.4) is 0 Å². The summed E-state index contributed by atoms with van der Waals surface area (Å²) in [5.41, 5.74) is 1.44. The molecule has 2 N–H and O–H groups in total. The second kappa shape index (κ2) is 4.59. The first-order valence-electron chi connectivity index (χ1n) is 5.25. The average molecular weight is 248 g/mol. The van der Waals surface area contributed by atoms with Crippen LogP contribution in [0.5, 0.6) is 11.5 Å². The van der Waals surface area contributed by atoms with Gasteiger partial charge in [-0.15, -0.1) is 0 Å². The third kappa shape index (κ3) is 2.17. The molecule has 1 aromatic heterocycles. The molecule has 3 nitrogen and oxygen atoms in total. The molecule has 0 atom stereocenters. The maximum atomic E-state index is 12.1. The minimum atomic E-state index is -0.224. The summed E-state index contributed by atoms with van der Waals surface area (Å²) in [6.45, 7) is 1.88. The Bertz CT molecular complexity index is 544. The maximum Gasteiger partial charge on any atom is 0.197 e. The number of benzene rings is 1. The van der Waals surface area contributed by atoms with Crippen LogP contribution in [0.2, 0.25) is 0 Å². The van der Waals surface area contributed by atoms with Crippen LogP contribution in [-0.4, -0.2) is 16.0 Å². The molecule has 0 bridgehead atoms. The Labute approximate surface area is 103 Å². The third-order valence-corrected chi connectivity index (χ3v) is 3.29. The third-order valence-electron chi connectivity index (χ3n) is 2.61. The molecule has 0 saturated carbocycles. The number of carbonyl (C=O) groups excluding carboxylic acids is 1. The topological polar surface area (TPSA) is 57.5 Å². The Balaban J connectivity index is 2.49. The molecule has 0 unspecified atom stereocenters. The van der Waals surface area contributed by atoms with E-state index in [9.17, 15) is 15.0 Å². The van der Waals surface area contributed by atoms with Gasteiger partial charge in [0.25, 0.3) is 0 Å². The van der Waals surface area contributed by atoms with E-state index in [2.05, 4.69) is 0 Å². The Morgan fingerprint density at radius 2 is 2.06 bits per heavy atom. The van der Waals surface area contributed by atoms with Gasteiger partial charge in [-0.2, -0.15) is 11.3 Å². The summed E-state index contributed by atoms with van der Waals surface area (Å²) in [5.74, 6) is -0.388. The van der Waals surface area contributed by atoms with Crippen molar-refractivity contribution in [3.05, 3.63) is 45.6 Å². The first-order valence-corrected chi connectivity index (χ1v) is 6.19. The van der Waals surface area contributed by atoms with Crippen molar-refractivity contribution < 1.29 is 15.0 Å². The Hall–Kier alpha value is -1.81. The summed E-state index contributed by atoms with van der Waals surface area (Å²) >= 11 is 1.43. The second-order valence-electron chi connectivity index (χ2n) is 3.69. The van der Waals surface area contributed by atoms with Gasteiger partial charge >= 0.3 is 0 Å². The molecule has 17 heavy (non-hydrogen) atoms. The molecule has 2 aromatic rings. The summed E-state index contributed by atoms with van der Waals surface area (Å²) in [7, 11) is 0. The predicted molar refractivity (Wildman–Crippen MR) is 66.9 cm³/mol. The van der Waals surface area contributed by atoms with E-state index in [1.54, 1.807) is 17.5 Å². The molecule has 1 heterocycles. The average Bonchev–Trinajstić information content (AvgIpc) is 2.82. The van der Waals surface area contributed by atoms with Gasteiger partial charge in [-0.1, -0.05) is 6.92 Å². The van der Waals surface area contributed by atoms with E-state index in [1.165, 1.54) is 17.4 Å². The van der Waals surface area contributed by atoms with E-state index in [-0.39, 0.29) is 22.8 Å². The van der Waals surface area contributed by atoms with Crippen LogP contribution >= 0.6 is 11.3 Å². The first-order chi connectivity index (χ1) is 8.13. The predicted octanol–water partition coefficient (Wildman–Crippen LogP) is 2.95. The number of thiophene rings is 1. The summed E-state index contributed by atoms with van der Waals surface area (Å²) in [5, 5.41) is 22.8. The van der Waals surface area contributed by atoms with Crippen molar-refractivity contribution in [1.29, 1.82) is 0 Å². The smallest absolute Gasteiger partial charge is 0.197 e. The quantitative estimate of drug-likeness (QED) is 0.821. The molecule has 1 aromatic carbocycles. The highest BCUT2D eigenvalue weighted by Gasteiger charge is 2.16. The lowest BCUT2D eigenvalue weighted by Gasteiger charge is -2.07. The van der Waals surface area contributed by atoms with E-state index in [0.29, 0.717) is 17.5 Å². The summed E-state index contributed by atoms with van der Waals surface area (Å²) < 4.78 is 0. The molecule has 0 radical (unpaired) electrons. The van der Waals surface area contributed by atoms with Gasteiger partial charge in [0.2, 0.25) is 0 Å². The second-order valence-corrected chi connectivity index (χ2v) is 4.47. The van der Waals surface area contributed by atoms with Gasteiger partial charge in [-0.3, -0.25) is 4.79 Å². The minimum Gasteiger partial charge on any atom is -0.508 e. The zero-order chi connectivity index (χ0) is 12.4. The van der Waals surface area contributed by atoms with Gasteiger partial charge in [-0.05, 0) is 29.5 Å². The van der Waals surface area contributed by atoms with Crippen molar-refractivity contribution >= 4 is 17.1 Å². The summed E-state index contributed by atoms with van der Waals surface area (Å²) in [6, 6.07) is 4.48. The molecule has 88 valence electrons. The highest BCUT2D eigenvalue weighted by Crippen LogP contribution is 2.29. The van der Waals surface area contributed by atoms with Gasteiger partial charge in [0.1, 0.15) is 11.5 Å². The molecule has 0 aliphatic heterocycles. The number of aromatic hydroxyl groups is 2. The number of aryl methyl sites for hydroxylation is 1. The highest BCUT2D eigenvalue weighted by atomic mass is 32.1. The largest absolute Gasteiger partial charge is 0.508 e. The monoisotopic (exact) mass is 248 g/mol. The highest BCUT2D eigenvalue weighted by molar-refractivity contribution is 7.08. The molecule has 0 aliphatic rings. The van der Waals surface area contributed by atoms with Crippen LogP contribution in [0, 0.1) is 0 Å². The van der Waals surface area contributed by atoms with Gasteiger partial charge in [0, 0.05) is 17.0 Å². The van der Waals surface area contributed by atoms with Crippen molar-refractivity contribution in [2.24, 2.45) is 0 Å². The lowest BCUT2D eigenvalue weighted by molar-refractivity contribution is 0.103. The van der Waals surface area contributed by atoms with Crippen LogP contribution in [0.15, 0.2) is 29.0 Å². The number of ketones is 1. The molecule has 4 heteroatoms. The fourth-order valence-electron chi connectivity index (χ4n) is 1.64. The lowest BCUT2D eigenvalue weighted by Crippen LogP contribution is -2.01. The molecule has 0 amide bonds. The van der Waals surface area contributed by atoms with Gasteiger partial charge < -0.3 is 10.2 Å². The van der Waals surface area contributed by atoms with Crippen molar-refractivity contribution in [3.63, 3.8) is 0 Å². The van der Waals surface area contributed by atoms with Crippen molar-refractivity contribution in [3.8, 4) is 11.5 Å². The standard InChI is InChI=1S/C13H12O3S/c1-2-8-5-10(12(15)6-11(8)14)13(16)9-3-4-17-7-9/h3-7,14-15H,2H2,1H3. The normalized spacial score (nSPS) is 10.4. The van der Waals surface area contributed by atoms with Crippen molar-refractivity contribution in [2.45, 2.75) is 13.3 Å². The molecule has 2 rings (SSSR count). The van der Waals surface area contributed by atoms with E-state index in [4.69, 9.17) is 0 Å². The fraction of sp³-hybridized carbons (Fsp3) is 0.154. The SMILES string of the molecule is CCc1cc(C(=O)c2ccsc2)c(O)cc1O. The number of hydrogen-bond acceptors (Lipinski definition) is 4. The van der Waals surface area contributed by atoms with Crippen LogP contribution in [0.1, 0.15) is 28.4 Å². The number of rotatable bonds is 3.